The highest BCUT2D eigenvalue weighted by molar-refractivity contribution is 6.29. The van der Waals surface area contributed by atoms with Crippen LogP contribution in [0.5, 0.6) is 0 Å². The molecule has 0 aliphatic heterocycles. The summed E-state index contributed by atoms with van der Waals surface area (Å²) in [5.41, 5.74) is 2.66. The average molecular weight is 391 g/mol. The molecule has 4 nitrogen and oxygen atoms in total. The van der Waals surface area contributed by atoms with E-state index >= 15 is 0 Å². The highest BCUT2D eigenvalue weighted by atomic mass is 35.5. The summed E-state index contributed by atoms with van der Waals surface area (Å²) in [4.78, 5) is 15.1. The molecule has 0 radical (unpaired) electrons. The number of rotatable bonds is 5. The van der Waals surface area contributed by atoms with Gasteiger partial charge in [-0.25, -0.2) is 9.37 Å². The maximum Gasteiger partial charge on any atom is 0.135 e. The van der Waals surface area contributed by atoms with E-state index < -0.39 is 0 Å². The lowest BCUT2D eigenvalue weighted by Crippen LogP contribution is -2.26. The number of halogens is 2. The summed E-state index contributed by atoms with van der Waals surface area (Å²) in [6.45, 7) is 0. The molecular formula is C22H16ClFN4. The number of hydrogen-bond acceptors (Lipinski definition) is 4. The fraction of sp³-hybridized carbons (Fsp3) is 0.0455. The van der Waals surface area contributed by atoms with E-state index in [0.29, 0.717) is 11.0 Å². The molecule has 0 aliphatic carbocycles. The van der Waals surface area contributed by atoms with Gasteiger partial charge >= 0.3 is 0 Å². The summed E-state index contributed by atoms with van der Waals surface area (Å²) < 4.78 is 13.6. The van der Waals surface area contributed by atoms with Gasteiger partial charge in [-0.1, -0.05) is 29.8 Å². The van der Waals surface area contributed by atoms with Crippen LogP contribution in [0.3, 0.4) is 0 Å². The first-order valence-electron chi connectivity index (χ1n) is 8.69. The average Bonchev–Trinajstić information content (AvgIpc) is 2.74. The zero-order valence-corrected chi connectivity index (χ0v) is 15.5. The van der Waals surface area contributed by atoms with Crippen molar-refractivity contribution in [2.45, 2.75) is 6.04 Å². The summed E-state index contributed by atoms with van der Waals surface area (Å²) in [7, 11) is 0. The van der Waals surface area contributed by atoms with E-state index in [1.807, 2.05) is 41.3 Å². The SMILES string of the molecule is Fc1ccc(N(c2cccc(Cl)n2)C(c2cccnc2)c2cccnc2)cc1. The van der Waals surface area contributed by atoms with Crippen molar-refractivity contribution in [3.8, 4) is 0 Å². The van der Waals surface area contributed by atoms with E-state index in [-0.39, 0.29) is 11.9 Å². The zero-order valence-electron chi connectivity index (χ0n) is 14.8. The maximum absolute atomic E-state index is 13.6. The van der Waals surface area contributed by atoms with E-state index in [2.05, 4.69) is 15.0 Å². The molecule has 4 rings (SSSR count). The molecule has 0 unspecified atom stereocenters. The Morgan fingerprint density at radius 2 is 1.43 bits per heavy atom. The van der Waals surface area contributed by atoms with Crippen LogP contribution in [0.1, 0.15) is 17.2 Å². The molecule has 0 bridgehead atoms. The number of anilines is 2. The molecule has 3 heterocycles. The van der Waals surface area contributed by atoms with Crippen molar-refractivity contribution in [1.82, 2.24) is 15.0 Å². The molecule has 138 valence electrons. The van der Waals surface area contributed by atoms with Crippen LogP contribution >= 0.6 is 11.6 Å². The van der Waals surface area contributed by atoms with Gasteiger partial charge in [-0.3, -0.25) is 9.97 Å². The van der Waals surface area contributed by atoms with Crippen molar-refractivity contribution in [2.75, 3.05) is 4.90 Å². The Morgan fingerprint density at radius 3 is 1.96 bits per heavy atom. The third kappa shape index (κ3) is 3.85. The van der Waals surface area contributed by atoms with E-state index in [4.69, 9.17) is 11.6 Å². The normalized spacial score (nSPS) is 10.8. The molecule has 0 amide bonds. The molecular weight excluding hydrogens is 375 g/mol. The fourth-order valence-electron chi connectivity index (χ4n) is 3.11. The summed E-state index contributed by atoms with van der Waals surface area (Å²) in [5, 5.41) is 0.376. The number of hydrogen-bond donors (Lipinski definition) is 0. The van der Waals surface area contributed by atoms with Gasteiger partial charge < -0.3 is 4.90 Å². The number of pyridine rings is 3. The fourth-order valence-corrected chi connectivity index (χ4v) is 3.27. The first-order valence-corrected chi connectivity index (χ1v) is 9.07. The smallest absolute Gasteiger partial charge is 0.135 e. The van der Waals surface area contributed by atoms with Gasteiger partial charge in [-0.2, -0.15) is 0 Å². The highest BCUT2D eigenvalue weighted by Crippen LogP contribution is 2.38. The summed E-state index contributed by atoms with van der Waals surface area (Å²) in [6, 6.07) is 19.2. The standard InChI is InChI=1S/C22H16ClFN4/c23-20-6-1-7-21(27-20)28(19-10-8-18(24)9-11-19)22(16-4-2-12-25-14-16)17-5-3-13-26-15-17/h1-15,22H. The van der Waals surface area contributed by atoms with Crippen molar-refractivity contribution in [3.63, 3.8) is 0 Å². The van der Waals surface area contributed by atoms with Gasteiger partial charge in [0.1, 0.15) is 16.8 Å². The second kappa shape index (κ2) is 8.15. The lowest BCUT2D eigenvalue weighted by atomic mass is 9.99. The molecule has 0 fully saturated rings. The number of nitrogens with zero attached hydrogens (tertiary/aromatic N) is 4. The van der Waals surface area contributed by atoms with Crippen LogP contribution in [0.4, 0.5) is 15.9 Å². The van der Waals surface area contributed by atoms with Gasteiger partial charge in [-0.15, -0.1) is 0 Å². The minimum atomic E-state index is -0.304. The number of benzene rings is 1. The lowest BCUT2D eigenvalue weighted by molar-refractivity contribution is 0.627. The molecule has 0 saturated carbocycles. The van der Waals surface area contributed by atoms with Gasteiger partial charge in [0.15, 0.2) is 0 Å². The van der Waals surface area contributed by atoms with Crippen LogP contribution in [-0.4, -0.2) is 15.0 Å². The summed E-state index contributed by atoms with van der Waals surface area (Å²) in [5.74, 6) is 0.332. The molecule has 0 N–H and O–H groups in total. The predicted octanol–water partition coefficient (Wildman–Crippen LogP) is 5.59. The Labute approximate surface area is 167 Å². The van der Waals surface area contributed by atoms with Crippen molar-refractivity contribution in [2.24, 2.45) is 0 Å². The second-order valence-corrected chi connectivity index (χ2v) is 6.53. The monoisotopic (exact) mass is 390 g/mol. The second-order valence-electron chi connectivity index (χ2n) is 6.14. The third-order valence-electron chi connectivity index (χ3n) is 4.31. The topological polar surface area (TPSA) is 41.9 Å². The van der Waals surface area contributed by atoms with Crippen LogP contribution in [-0.2, 0) is 0 Å². The van der Waals surface area contributed by atoms with E-state index in [1.54, 1.807) is 43.0 Å². The van der Waals surface area contributed by atoms with Gasteiger partial charge in [0.2, 0.25) is 0 Å². The Hall–Kier alpha value is -3.31. The van der Waals surface area contributed by atoms with Crippen LogP contribution in [0, 0.1) is 5.82 Å². The Balaban J connectivity index is 1.94. The van der Waals surface area contributed by atoms with Crippen molar-refractivity contribution in [1.29, 1.82) is 0 Å². The Bertz CT molecular complexity index is 1000. The van der Waals surface area contributed by atoms with E-state index in [9.17, 15) is 4.39 Å². The molecule has 6 heteroatoms. The van der Waals surface area contributed by atoms with E-state index in [0.717, 1.165) is 16.8 Å². The Kier molecular flexibility index (Phi) is 5.26. The molecule has 1 aromatic carbocycles. The quantitative estimate of drug-likeness (QED) is 0.416. The van der Waals surface area contributed by atoms with Crippen molar-refractivity contribution >= 4 is 23.1 Å². The Morgan fingerprint density at radius 1 is 0.786 bits per heavy atom. The van der Waals surface area contributed by atoms with Gasteiger partial charge in [0.05, 0.1) is 6.04 Å². The van der Waals surface area contributed by atoms with Crippen molar-refractivity contribution < 1.29 is 4.39 Å². The minimum Gasteiger partial charge on any atom is -0.315 e. The molecule has 0 spiro atoms. The van der Waals surface area contributed by atoms with Crippen LogP contribution < -0.4 is 4.90 Å². The third-order valence-corrected chi connectivity index (χ3v) is 4.52. The zero-order chi connectivity index (χ0) is 19.3. The van der Waals surface area contributed by atoms with Gasteiger partial charge in [0.25, 0.3) is 0 Å². The highest BCUT2D eigenvalue weighted by Gasteiger charge is 2.26. The van der Waals surface area contributed by atoms with Crippen LogP contribution in [0.25, 0.3) is 0 Å². The van der Waals surface area contributed by atoms with Gasteiger partial charge in [0, 0.05) is 30.5 Å². The minimum absolute atomic E-state index is 0.279. The molecule has 4 aromatic rings. The first kappa shape index (κ1) is 18.1. The molecule has 0 atom stereocenters. The van der Waals surface area contributed by atoms with Gasteiger partial charge in [-0.05, 0) is 59.7 Å². The largest absolute Gasteiger partial charge is 0.315 e. The molecule has 3 aromatic heterocycles. The number of aromatic nitrogens is 3. The predicted molar refractivity (Wildman–Crippen MR) is 108 cm³/mol. The molecule has 0 saturated heterocycles. The van der Waals surface area contributed by atoms with Crippen LogP contribution in [0.15, 0.2) is 91.5 Å². The van der Waals surface area contributed by atoms with E-state index in [1.165, 1.54) is 12.1 Å². The first-order chi connectivity index (χ1) is 13.7. The molecule has 0 aliphatic rings. The summed E-state index contributed by atoms with van der Waals surface area (Å²) >= 11 is 6.18. The maximum atomic E-state index is 13.6. The van der Waals surface area contributed by atoms with Crippen LogP contribution in [0.2, 0.25) is 5.15 Å². The summed E-state index contributed by atoms with van der Waals surface area (Å²) in [6.07, 6.45) is 7.06. The van der Waals surface area contributed by atoms with Crippen molar-refractivity contribution in [3.05, 3.63) is 114 Å². The molecule has 28 heavy (non-hydrogen) atoms. The lowest BCUT2D eigenvalue weighted by Gasteiger charge is -2.33.